The van der Waals surface area contributed by atoms with Gasteiger partial charge in [-0.2, -0.15) is 0 Å². The molecule has 0 bridgehead atoms. The number of nitrogens with zero attached hydrogens (tertiary/aromatic N) is 1. The molecule has 1 atom stereocenters. The van der Waals surface area contributed by atoms with Gasteiger partial charge in [0.1, 0.15) is 5.69 Å². The summed E-state index contributed by atoms with van der Waals surface area (Å²) in [7, 11) is 0. The molecule has 0 saturated heterocycles. The fourth-order valence-corrected chi connectivity index (χ4v) is 2.92. The van der Waals surface area contributed by atoms with Crippen molar-refractivity contribution in [1.29, 1.82) is 0 Å². The molecule has 0 aliphatic rings. The van der Waals surface area contributed by atoms with Gasteiger partial charge < -0.3 is 10.6 Å². The Bertz CT molecular complexity index is 806. The Morgan fingerprint density at radius 2 is 1.81 bits per heavy atom. The zero-order valence-corrected chi connectivity index (χ0v) is 16.6. The van der Waals surface area contributed by atoms with Gasteiger partial charge in [-0.1, -0.05) is 35.0 Å². The van der Waals surface area contributed by atoms with E-state index in [1.165, 1.54) is 6.07 Å². The maximum Gasteiger partial charge on any atom is 0.293 e. The minimum Gasteiger partial charge on any atom is -0.319 e. The van der Waals surface area contributed by atoms with Gasteiger partial charge in [0.05, 0.1) is 11.5 Å². The summed E-state index contributed by atoms with van der Waals surface area (Å²) in [5, 5.41) is 17.1. The molecular formula is C19H22BrN3O3. The highest BCUT2D eigenvalue weighted by Gasteiger charge is 2.18. The van der Waals surface area contributed by atoms with E-state index in [0.29, 0.717) is 0 Å². The van der Waals surface area contributed by atoms with Gasteiger partial charge in [0, 0.05) is 16.6 Å². The highest BCUT2D eigenvalue weighted by molar-refractivity contribution is 9.10. The van der Waals surface area contributed by atoms with Crippen LogP contribution in [0.1, 0.15) is 36.1 Å². The summed E-state index contributed by atoms with van der Waals surface area (Å²) in [6.07, 6.45) is 0.818. The molecular weight excluding hydrogens is 398 g/mol. The van der Waals surface area contributed by atoms with Crippen molar-refractivity contribution in [2.75, 3.05) is 11.9 Å². The van der Waals surface area contributed by atoms with Crippen LogP contribution in [-0.2, 0) is 4.79 Å². The van der Waals surface area contributed by atoms with Crippen molar-refractivity contribution in [1.82, 2.24) is 5.32 Å². The number of carbonyl (C=O) groups is 1. The number of anilines is 1. The number of hydrogen-bond acceptors (Lipinski definition) is 4. The van der Waals surface area contributed by atoms with Crippen LogP contribution in [0.25, 0.3) is 0 Å². The number of amides is 1. The highest BCUT2D eigenvalue weighted by Crippen LogP contribution is 2.28. The summed E-state index contributed by atoms with van der Waals surface area (Å²) in [5.74, 6) is -0.313. The average molecular weight is 420 g/mol. The fourth-order valence-electron chi connectivity index (χ4n) is 2.66. The Kier molecular flexibility index (Phi) is 6.88. The van der Waals surface area contributed by atoms with E-state index in [9.17, 15) is 14.9 Å². The molecule has 0 unspecified atom stereocenters. The second kappa shape index (κ2) is 8.91. The van der Waals surface area contributed by atoms with Crippen molar-refractivity contribution < 1.29 is 9.72 Å². The smallest absolute Gasteiger partial charge is 0.293 e. The second-order valence-corrected chi connectivity index (χ2v) is 7.07. The Morgan fingerprint density at radius 1 is 1.19 bits per heavy atom. The first-order valence-corrected chi connectivity index (χ1v) is 9.15. The normalized spacial score (nSPS) is 11.8. The minimum absolute atomic E-state index is 0.0311. The SMILES string of the molecule is CC[C@@H](NCC(=O)Nc1cc(C)c(C)cc1[N+](=O)[O-])c1ccc(Br)cc1. The van der Waals surface area contributed by atoms with Gasteiger partial charge in [0.2, 0.25) is 5.91 Å². The molecule has 138 valence electrons. The topological polar surface area (TPSA) is 84.3 Å². The molecule has 0 fully saturated rings. The van der Waals surface area contributed by atoms with Gasteiger partial charge in [0.25, 0.3) is 5.69 Å². The minimum atomic E-state index is -0.480. The Morgan fingerprint density at radius 3 is 2.38 bits per heavy atom. The number of aryl methyl sites for hydroxylation is 2. The number of hydrogen-bond donors (Lipinski definition) is 2. The summed E-state index contributed by atoms with van der Waals surface area (Å²) in [6.45, 7) is 5.76. The molecule has 0 saturated carbocycles. The summed E-state index contributed by atoms with van der Waals surface area (Å²) in [5.41, 5.74) is 2.91. The highest BCUT2D eigenvalue weighted by atomic mass is 79.9. The van der Waals surface area contributed by atoms with Gasteiger partial charge in [0.15, 0.2) is 0 Å². The van der Waals surface area contributed by atoms with Gasteiger partial charge in [-0.3, -0.25) is 14.9 Å². The maximum atomic E-state index is 12.3. The summed E-state index contributed by atoms with van der Waals surface area (Å²) in [4.78, 5) is 23.0. The first-order chi connectivity index (χ1) is 12.3. The Hall–Kier alpha value is -2.25. The molecule has 0 aliphatic carbocycles. The monoisotopic (exact) mass is 419 g/mol. The lowest BCUT2D eigenvalue weighted by atomic mass is 10.0. The number of rotatable bonds is 7. The van der Waals surface area contributed by atoms with E-state index in [2.05, 4.69) is 26.6 Å². The first-order valence-electron chi connectivity index (χ1n) is 8.36. The van der Waals surface area contributed by atoms with Crippen molar-refractivity contribution in [3.8, 4) is 0 Å². The third kappa shape index (κ3) is 5.12. The van der Waals surface area contributed by atoms with Crippen LogP contribution in [0, 0.1) is 24.0 Å². The molecule has 0 radical (unpaired) electrons. The molecule has 2 aromatic rings. The van der Waals surface area contributed by atoms with Crippen LogP contribution in [0.4, 0.5) is 11.4 Å². The number of halogens is 1. The van der Waals surface area contributed by atoms with Crippen molar-refractivity contribution in [2.45, 2.75) is 33.2 Å². The zero-order chi connectivity index (χ0) is 19.3. The lowest BCUT2D eigenvalue weighted by Crippen LogP contribution is -2.31. The Balaban J connectivity index is 2.05. The van der Waals surface area contributed by atoms with Crippen molar-refractivity contribution >= 4 is 33.2 Å². The predicted molar refractivity (Wildman–Crippen MR) is 106 cm³/mol. The molecule has 2 N–H and O–H groups in total. The zero-order valence-electron chi connectivity index (χ0n) is 15.0. The molecule has 0 aliphatic heterocycles. The summed E-state index contributed by atoms with van der Waals surface area (Å²) < 4.78 is 0.996. The fraction of sp³-hybridized carbons (Fsp3) is 0.316. The number of nitrogens with one attached hydrogen (secondary N) is 2. The third-order valence-corrected chi connectivity index (χ3v) is 4.80. The van der Waals surface area contributed by atoms with E-state index in [4.69, 9.17) is 0 Å². The van der Waals surface area contributed by atoms with Crippen LogP contribution in [0.5, 0.6) is 0 Å². The van der Waals surface area contributed by atoms with E-state index in [1.807, 2.05) is 38.1 Å². The van der Waals surface area contributed by atoms with Crippen LogP contribution in [0.2, 0.25) is 0 Å². The van der Waals surface area contributed by atoms with E-state index in [1.54, 1.807) is 13.0 Å². The van der Waals surface area contributed by atoms with E-state index in [-0.39, 0.29) is 29.9 Å². The molecule has 1 amide bonds. The molecule has 2 aromatic carbocycles. The number of nitro benzene ring substituents is 1. The lowest BCUT2D eigenvalue weighted by molar-refractivity contribution is -0.384. The van der Waals surface area contributed by atoms with Gasteiger partial charge in [-0.15, -0.1) is 0 Å². The van der Waals surface area contributed by atoms with Crippen LogP contribution in [0.3, 0.4) is 0 Å². The summed E-state index contributed by atoms with van der Waals surface area (Å²) in [6, 6.07) is 11.1. The van der Waals surface area contributed by atoms with Crippen molar-refractivity contribution in [2.24, 2.45) is 0 Å². The molecule has 26 heavy (non-hydrogen) atoms. The van der Waals surface area contributed by atoms with Crippen molar-refractivity contribution in [3.05, 3.63) is 67.7 Å². The maximum absolute atomic E-state index is 12.3. The van der Waals surface area contributed by atoms with Crippen LogP contribution in [0.15, 0.2) is 40.9 Å². The van der Waals surface area contributed by atoms with E-state index >= 15 is 0 Å². The number of carbonyl (C=O) groups excluding carboxylic acids is 1. The quantitative estimate of drug-likeness (QED) is 0.504. The summed E-state index contributed by atoms with van der Waals surface area (Å²) >= 11 is 3.41. The van der Waals surface area contributed by atoms with Crippen LogP contribution >= 0.6 is 15.9 Å². The standard InChI is InChI=1S/C19H22BrN3O3/c1-4-16(14-5-7-15(20)8-6-14)21-11-19(24)22-17-9-12(2)13(3)10-18(17)23(25)26/h5-10,16,21H,4,11H2,1-3H3,(H,22,24)/t16-/m1/s1. The first kappa shape index (κ1) is 20.1. The van der Waals surface area contributed by atoms with Gasteiger partial charge in [-0.05, 0) is 55.2 Å². The van der Waals surface area contributed by atoms with E-state index < -0.39 is 4.92 Å². The molecule has 6 nitrogen and oxygen atoms in total. The molecule has 0 spiro atoms. The lowest BCUT2D eigenvalue weighted by Gasteiger charge is -2.17. The second-order valence-electron chi connectivity index (χ2n) is 6.15. The largest absolute Gasteiger partial charge is 0.319 e. The molecule has 0 heterocycles. The van der Waals surface area contributed by atoms with Crippen molar-refractivity contribution in [3.63, 3.8) is 0 Å². The third-order valence-electron chi connectivity index (χ3n) is 4.27. The van der Waals surface area contributed by atoms with E-state index in [0.717, 1.165) is 27.6 Å². The average Bonchev–Trinajstić information content (AvgIpc) is 2.59. The molecule has 0 aromatic heterocycles. The Labute approximate surface area is 161 Å². The van der Waals surface area contributed by atoms with Gasteiger partial charge in [-0.25, -0.2) is 0 Å². The number of nitro groups is 1. The number of benzene rings is 2. The molecule has 2 rings (SSSR count). The van der Waals surface area contributed by atoms with Gasteiger partial charge >= 0.3 is 0 Å². The molecule has 7 heteroatoms. The predicted octanol–water partition coefficient (Wildman–Crippen LogP) is 4.65. The van der Waals surface area contributed by atoms with Crippen LogP contribution in [-0.4, -0.2) is 17.4 Å². The van der Waals surface area contributed by atoms with Crippen LogP contribution < -0.4 is 10.6 Å².